The van der Waals surface area contributed by atoms with E-state index in [1.807, 2.05) is 7.05 Å². The molecule has 0 spiro atoms. The molecule has 0 aliphatic carbocycles. The maximum atomic E-state index is 13.0. The van der Waals surface area contributed by atoms with Gasteiger partial charge in [-0.1, -0.05) is 0 Å². The maximum Gasteiger partial charge on any atom is 0.269 e. The second-order valence-corrected chi connectivity index (χ2v) is 6.69. The van der Waals surface area contributed by atoms with Gasteiger partial charge in [-0.15, -0.1) is 0 Å². The van der Waals surface area contributed by atoms with E-state index in [0.29, 0.717) is 28.9 Å². The molecule has 1 fully saturated rings. The molecule has 1 amide bonds. The van der Waals surface area contributed by atoms with Crippen LogP contribution in [-0.2, 0) is 0 Å². The quantitative estimate of drug-likeness (QED) is 0.683. The Hall–Kier alpha value is -2.94. The molecule has 1 aliphatic heterocycles. The number of amides is 1. The number of anilines is 3. The van der Waals surface area contributed by atoms with E-state index >= 15 is 0 Å². The van der Waals surface area contributed by atoms with Gasteiger partial charge in [0.2, 0.25) is 0 Å². The maximum absolute atomic E-state index is 13.0. The summed E-state index contributed by atoms with van der Waals surface area (Å²) < 4.78 is 13.0. The number of nitrogens with two attached hydrogens (primary N) is 1. The van der Waals surface area contributed by atoms with Crippen LogP contribution < -0.4 is 21.5 Å². The van der Waals surface area contributed by atoms with Gasteiger partial charge in [0.05, 0.1) is 0 Å². The molecule has 144 valence electrons. The largest absolute Gasteiger partial charge is 0.393 e. The molecule has 0 bridgehead atoms. The second kappa shape index (κ2) is 8.17. The molecule has 1 aromatic carbocycles. The highest BCUT2D eigenvalue weighted by atomic mass is 19.1. The Kier molecular flexibility index (Phi) is 5.70. The summed E-state index contributed by atoms with van der Waals surface area (Å²) in [5.74, 6) is 0.118. The van der Waals surface area contributed by atoms with E-state index in [9.17, 15) is 9.18 Å². The zero-order valence-electron chi connectivity index (χ0n) is 15.4. The van der Waals surface area contributed by atoms with Gasteiger partial charge in [-0.25, -0.2) is 14.4 Å². The van der Waals surface area contributed by atoms with Crippen LogP contribution in [0.1, 0.15) is 23.2 Å². The Morgan fingerprint density at radius 3 is 2.59 bits per heavy atom. The van der Waals surface area contributed by atoms with Gasteiger partial charge < -0.3 is 15.5 Å². The van der Waals surface area contributed by atoms with Crippen molar-refractivity contribution in [3.05, 3.63) is 42.0 Å². The van der Waals surface area contributed by atoms with Crippen molar-refractivity contribution < 1.29 is 9.18 Å². The molecule has 1 saturated heterocycles. The van der Waals surface area contributed by atoms with E-state index in [0.717, 1.165) is 25.9 Å². The Morgan fingerprint density at radius 2 is 1.93 bits per heavy atom. The minimum Gasteiger partial charge on any atom is -0.393 e. The molecule has 1 aliphatic rings. The topological polar surface area (TPSA) is 99.4 Å². The molecule has 2 aromatic rings. The summed E-state index contributed by atoms with van der Waals surface area (Å²) in [4.78, 5) is 24.9. The summed E-state index contributed by atoms with van der Waals surface area (Å²) in [5.41, 5.74) is 12.1. The molecule has 4 N–H and O–H groups in total. The fourth-order valence-corrected chi connectivity index (χ4v) is 3.11. The smallest absolute Gasteiger partial charge is 0.269 e. The normalized spacial score (nSPS) is 15.4. The number of carbonyl (C=O) groups is 1. The van der Waals surface area contributed by atoms with Gasteiger partial charge >= 0.3 is 0 Å². The number of carbonyl (C=O) groups excluding carboxylic acids is 1. The van der Waals surface area contributed by atoms with E-state index in [4.69, 9.17) is 5.73 Å². The fourth-order valence-electron chi connectivity index (χ4n) is 3.11. The van der Waals surface area contributed by atoms with Crippen LogP contribution in [0.4, 0.5) is 21.7 Å². The van der Waals surface area contributed by atoms with Crippen molar-refractivity contribution in [1.82, 2.24) is 20.3 Å². The molecule has 2 heterocycles. The number of nitrogen functional groups attached to an aromatic ring is 1. The van der Waals surface area contributed by atoms with E-state index in [1.54, 1.807) is 0 Å². The molecule has 8 nitrogen and oxygen atoms in total. The molecule has 9 heteroatoms. The van der Waals surface area contributed by atoms with Crippen LogP contribution in [-0.4, -0.2) is 54.0 Å². The number of halogens is 1. The summed E-state index contributed by atoms with van der Waals surface area (Å²) in [6.07, 6.45) is 3.46. The third-order valence-corrected chi connectivity index (χ3v) is 4.83. The molecule has 0 radical (unpaired) electrons. The first-order valence-electron chi connectivity index (χ1n) is 8.79. The second-order valence-electron chi connectivity index (χ2n) is 6.69. The lowest BCUT2D eigenvalue weighted by atomic mass is 10.0. The summed E-state index contributed by atoms with van der Waals surface area (Å²) in [5, 5.41) is 0. The summed E-state index contributed by atoms with van der Waals surface area (Å²) in [6, 6.07) is 5.59. The van der Waals surface area contributed by atoms with Crippen molar-refractivity contribution in [1.29, 1.82) is 0 Å². The van der Waals surface area contributed by atoms with Gasteiger partial charge in [-0.05, 0) is 57.2 Å². The van der Waals surface area contributed by atoms with Crippen molar-refractivity contribution in [3.8, 4) is 0 Å². The molecule has 0 atom stereocenters. The number of hydrogen-bond acceptors (Lipinski definition) is 7. The Morgan fingerprint density at radius 1 is 1.26 bits per heavy atom. The summed E-state index contributed by atoms with van der Waals surface area (Å²) >= 11 is 0. The van der Waals surface area contributed by atoms with Crippen LogP contribution in [0.15, 0.2) is 30.6 Å². The first kappa shape index (κ1) is 18.8. The molecule has 1 aromatic heterocycles. The van der Waals surface area contributed by atoms with Gasteiger partial charge in [-0.3, -0.25) is 15.6 Å². The Balaban J connectivity index is 1.67. The Bertz CT molecular complexity index is 791. The van der Waals surface area contributed by atoms with E-state index < -0.39 is 11.7 Å². The first-order valence-corrected chi connectivity index (χ1v) is 8.79. The van der Waals surface area contributed by atoms with E-state index in [2.05, 4.69) is 37.7 Å². The molecule has 0 unspecified atom stereocenters. The molecule has 3 rings (SSSR count). The van der Waals surface area contributed by atoms with Crippen LogP contribution in [0.5, 0.6) is 0 Å². The zero-order chi connectivity index (χ0) is 19.4. The van der Waals surface area contributed by atoms with Crippen LogP contribution in [0.2, 0.25) is 0 Å². The van der Waals surface area contributed by atoms with Crippen molar-refractivity contribution in [2.45, 2.75) is 18.9 Å². The highest BCUT2D eigenvalue weighted by Crippen LogP contribution is 2.28. The lowest BCUT2D eigenvalue weighted by Gasteiger charge is -2.36. The van der Waals surface area contributed by atoms with Crippen LogP contribution >= 0.6 is 0 Å². The summed E-state index contributed by atoms with van der Waals surface area (Å²) in [7, 11) is 4.08. The number of nitrogens with one attached hydrogen (secondary N) is 2. The number of benzene rings is 1. The predicted octanol–water partition coefficient (Wildman–Crippen LogP) is 1.49. The number of hydrogen-bond donors (Lipinski definition) is 3. The first-order chi connectivity index (χ1) is 13.0. The third kappa shape index (κ3) is 4.43. The predicted molar refractivity (Wildman–Crippen MR) is 103 cm³/mol. The Labute approximate surface area is 157 Å². The van der Waals surface area contributed by atoms with Gasteiger partial charge in [0, 0.05) is 18.7 Å². The zero-order valence-corrected chi connectivity index (χ0v) is 15.4. The van der Waals surface area contributed by atoms with Crippen molar-refractivity contribution in [2.75, 3.05) is 43.2 Å². The monoisotopic (exact) mass is 373 g/mol. The van der Waals surface area contributed by atoms with Gasteiger partial charge in [0.1, 0.15) is 17.8 Å². The standard InChI is InChI=1S/C18H24FN7O/c1-25-9-7-14(8-10-25)26(2)17-15(20)16(21-11-22-17)23-24-18(27)12-3-5-13(19)6-4-12/h3-6,11,14H,7-10,20H2,1-2H3,(H,24,27)(H,21,22,23). The molecular weight excluding hydrogens is 349 g/mol. The van der Waals surface area contributed by atoms with E-state index in [-0.39, 0.29) is 0 Å². The van der Waals surface area contributed by atoms with Crippen LogP contribution in [0.3, 0.4) is 0 Å². The highest BCUT2D eigenvalue weighted by Gasteiger charge is 2.24. The minimum absolute atomic E-state index is 0.315. The average Bonchev–Trinajstić information content (AvgIpc) is 2.67. The van der Waals surface area contributed by atoms with Crippen molar-refractivity contribution in [2.24, 2.45) is 0 Å². The number of hydrazine groups is 1. The number of nitrogens with zero attached hydrogens (tertiary/aromatic N) is 4. The molecule has 27 heavy (non-hydrogen) atoms. The summed E-state index contributed by atoms with van der Waals surface area (Å²) in [6.45, 7) is 2.05. The number of aromatic nitrogens is 2. The lowest BCUT2D eigenvalue weighted by Crippen LogP contribution is -2.42. The average molecular weight is 373 g/mol. The number of likely N-dealkylation sites (tertiary alicyclic amines) is 1. The number of piperidine rings is 1. The SMILES string of the molecule is CN1CCC(N(C)c2ncnc(NNC(=O)c3ccc(F)cc3)c2N)CC1. The van der Waals surface area contributed by atoms with Crippen molar-refractivity contribution >= 4 is 23.2 Å². The van der Waals surface area contributed by atoms with Gasteiger partial charge in [0.15, 0.2) is 11.6 Å². The van der Waals surface area contributed by atoms with Gasteiger partial charge in [0.25, 0.3) is 5.91 Å². The van der Waals surface area contributed by atoms with E-state index in [1.165, 1.54) is 30.6 Å². The van der Waals surface area contributed by atoms with Crippen molar-refractivity contribution in [3.63, 3.8) is 0 Å². The number of rotatable bonds is 5. The molecular formula is C18H24FN7O. The third-order valence-electron chi connectivity index (χ3n) is 4.83. The lowest BCUT2D eigenvalue weighted by molar-refractivity contribution is 0.0962. The highest BCUT2D eigenvalue weighted by molar-refractivity contribution is 5.95. The van der Waals surface area contributed by atoms with Crippen LogP contribution in [0.25, 0.3) is 0 Å². The van der Waals surface area contributed by atoms with Gasteiger partial charge in [-0.2, -0.15) is 0 Å². The molecule has 0 saturated carbocycles. The fraction of sp³-hybridized carbons (Fsp3) is 0.389. The minimum atomic E-state index is -0.418. The van der Waals surface area contributed by atoms with Crippen LogP contribution in [0, 0.1) is 5.82 Å².